The average molecular weight is 234 g/mol. The molecule has 0 saturated carbocycles. The van der Waals surface area contributed by atoms with Gasteiger partial charge in [0.15, 0.2) is 0 Å². The summed E-state index contributed by atoms with van der Waals surface area (Å²) in [4.78, 5) is 0. The van der Waals surface area contributed by atoms with Gasteiger partial charge in [-0.05, 0) is 36.8 Å². The Balaban J connectivity index is 2.73. The molecular formula is C16H26O. The Morgan fingerprint density at radius 2 is 1.76 bits per heavy atom. The molecule has 0 aromatic heterocycles. The zero-order chi connectivity index (χ0) is 12.9. The molecule has 0 aliphatic rings. The van der Waals surface area contributed by atoms with Crippen LogP contribution >= 0.6 is 0 Å². The second kappa shape index (κ2) is 6.20. The Bertz CT molecular complexity index is 324. The minimum absolute atomic E-state index is 0.570. The van der Waals surface area contributed by atoms with Crippen LogP contribution in [0.5, 0.6) is 0 Å². The van der Waals surface area contributed by atoms with Crippen LogP contribution in [0, 0.1) is 5.92 Å². The van der Waals surface area contributed by atoms with Crippen molar-refractivity contribution in [1.29, 1.82) is 0 Å². The molecule has 1 rings (SSSR count). The summed E-state index contributed by atoms with van der Waals surface area (Å²) in [5, 5.41) is 10.5. The number of aliphatic hydroxyl groups is 1. The highest BCUT2D eigenvalue weighted by molar-refractivity contribution is 5.26. The predicted octanol–water partition coefficient (Wildman–Crippen LogP) is 4.28. The Kier molecular flexibility index (Phi) is 5.20. The fourth-order valence-corrected chi connectivity index (χ4v) is 2.49. The van der Waals surface area contributed by atoms with Crippen molar-refractivity contribution >= 4 is 0 Å². The van der Waals surface area contributed by atoms with Crippen LogP contribution < -0.4 is 0 Å². The van der Waals surface area contributed by atoms with Crippen molar-refractivity contribution < 1.29 is 5.11 Å². The van der Waals surface area contributed by atoms with Crippen molar-refractivity contribution in [1.82, 2.24) is 0 Å². The quantitative estimate of drug-likeness (QED) is 0.778. The van der Waals surface area contributed by atoms with Crippen molar-refractivity contribution in [3.05, 3.63) is 35.4 Å². The number of rotatable bonds is 6. The van der Waals surface area contributed by atoms with Crippen molar-refractivity contribution in [3.8, 4) is 0 Å². The van der Waals surface area contributed by atoms with Crippen molar-refractivity contribution in [2.24, 2.45) is 5.92 Å². The molecule has 2 atom stereocenters. The predicted molar refractivity (Wildman–Crippen MR) is 74.1 cm³/mol. The molecule has 1 aromatic rings. The van der Waals surface area contributed by atoms with Crippen LogP contribution in [0.2, 0.25) is 0 Å². The van der Waals surface area contributed by atoms with Gasteiger partial charge in [0.05, 0.1) is 5.60 Å². The Morgan fingerprint density at radius 1 is 1.18 bits per heavy atom. The van der Waals surface area contributed by atoms with Gasteiger partial charge in [-0.25, -0.2) is 0 Å². The summed E-state index contributed by atoms with van der Waals surface area (Å²) in [5.41, 5.74) is 1.67. The second-order valence-corrected chi connectivity index (χ2v) is 5.42. The number of hydrogen-bond acceptors (Lipinski definition) is 1. The highest BCUT2D eigenvalue weighted by atomic mass is 16.3. The molecule has 0 heterocycles. The summed E-state index contributed by atoms with van der Waals surface area (Å²) in [6.07, 6.45) is 4.26. The van der Waals surface area contributed by atoms with Gasteiger partial charge in [0.25, 0.3) is 0 Å². The van der Waals surface area contributed by atoms with Crippen LogP contribution in [0.3, 0.4) is 0 Å². The summed E-state index contributed by atoms with van der Waals surface area (Å²) in [6.45, 7) is 8.50. The lowest BCUT2D eigenvalue weighted by Crippen LogP contribution is -2.24. The number of hydrogen-bond donors (Lipinski definition) is 1. The minimum Gasteiger partial charge on any atom is -0.385 e. The van der Waals surface area contributed by atoms with E-state index in [9.17, 15) is 5.11 Å². The normalized spacial score (nSPS) is 16.5. The molecule has 96 valence electrons. The molecular weight excluding hydrogens is 208 g/mol. The molecule has 0 aliphatic carbocycles. The van der Waals surface area contributed by atoms with E-state index in [1.807, 2.05) is 6.92 Å². The first-order chi connectivity index (χ1) is 7.99. The molecule has 0 fully saturated rings. The Morgan fingerprint density at radius 3 is 2.24 bits per heavy atom. The van der Waals surface area contributed by atoms with Crippen molar-refractivity contribution in [3.63, 3.8) is 0 Å². The van der Waals surface area contributed by atoms with E-state index in [1.54, 1.807) is 0 Å². The highest BCUT2D eigenvalue weighted by Crippen LogP contribution is 2.30. The van der Waals surface area contributed by atoms with E-state index in [2.05, 4.69) is 45.0 Å². The van der Waals surface area contributed by atoms with E-state index in [0.717, 1.165) is 18.4 Å². The summed E-state index contributed by atoms with van der Waals surface area (Å²) < 4.78 is 0. The number of aryl methyl sites for hydroxylation is 1. The highest BCUT2D eigenvalue weighted by Gasteiger charge is 2.25. The monoisotopic (exact) mass is 234 g/mol. The van der Waals surface area contributed by atoms with Crippen molar-refractivity contribution in [2.75, 3.05) is 0 Å². The molecule has 0 aliphatic heterocycles. The van der Waals surface area contributed by atoms with Crippen LogP contribution in [0.15, 0.2) is 24.3 Å². The summed E-state index contributed by atoms with van der Waals surface area (Å²) in [6, 6.07) is 8.37. The SMILES string of the molecule is CCCC(C)CC(C)(O)c1ccc(CC)cc1. The fraction of sp³-hybridized carbons (Fsp3) is 0.625. The lowest BCUT2D eigenvalue weighted by molar-refractivity contribution is 0.0311. The van der Waals surface area contributed by atoms with Crippen LogP contribution in [0.25, 0.3) is 0 Å². The van der Waals surface area contributed by atoms with Crippen LogP contribution in [-0.2, 0) is 12.0 Å². The molecule has 1 aromatic carbocycles. The maximum absolute atomic E-state index is 10.5. The Hall–Kier alpha value is -0.820. The van der Waals surface area contributed by atoms with Gasteiger partial charge in [-0.3, -0.25) is 0 Å². The molecule has 0 saturated heterocycles. The van der Waals surface area contributed by atoms with Gasteiger partial charge in [-0.2, -0.15) is 0 Å². The lowest BCUT2D eigenvalue weighted by atomic mass is 9.85. The molecule has 17 heavy (non-hydrogen) atoms. The first-order valence-corrected chi connectivity index (χ1v) is 6.81. The lowest BCUT2D eigenvalue weighted by Gasteiger charge is -2.27. The minimum atomic E-state index is -0.694. The van der Waals surface area contributed by atoms with E-state index in [0.29, 0.717) is 5.92 Å². The fourth-order valence-electron chi connectivity index (χ4n) is 2.49. The van der Waals surface area contributed by atoms with Gasteiger partial charge in [0.1, 0.15) is 0 Å². The standard InChI is InChI=1S/C16H26O/c1-5-7-13(3)12-16(4,17)15-10-8-14(6-2)9-11-15/h8-11,13,17H,5-7,12H2,1-4H3. The van der Waals surface area contributed by atoms with Crippen molar-refractivity contribution in [2.45, 2.75) is 59.0 Å². The van der Waals surface area contributed by atoms with Crippen LogP contribution in [0.1, 0.15) is 58.1 Å². The molecule has 0 amide bonds. The topological polar surface area (TPSA) is 20.2 Å². The average Bonchev–Trinajstić information content (AvgIpc) is 2.28. The second-order valence-electron chi connectivity index (χ2n) is 5.42. The largest absolute Gasteiger partial charge is 0.385 e. The van der Waals surface area contributed by atoms with Crippen LogP contribution in [-0.4, -0.2) is 5.11 Å². The van der Waals surface area contributed by atoms with Gasteiger partial charge in [-0.15, -0.1) is 0 Å². The summed E-state index contributed by atoms with van der Waals surface area (Å²) in [5.74, 6) is 0.570. The number of benzene rings is 1. The summed E-state index contributed by atoms with van der Waals surface area (Å²) >= 11 is 0. The van der Waals surface area contributed by atoms with E-state index in [4.69, 9.17) is 0 Å². The third-order valence-corrected chi connectivity index (χ3v) is 3.51. The Labute approximate surface area is 106 Å². The molecule has 1 nitrogen and oxygen atoms in total. The zero-order valence-corrected chi connectivity index (χ0v) is 11.7. The molecule has 0 spiro atoms. The summed E-state index contributed by atoms with van der Waals surface area (Å²) in [7, 11) is 0. The van der Waals surface area contributed by atoms with Gasteiger partial charge < -0.3 is 5.11 Å². The molecule has 1 N–H and O–H groups in total. The maximum atomic E-state index is 10.5. The first kappa shape index (κ1) is 14.2. The smallest absolute Gasteiger partial charge is 0.0871 e. The van der Waals surface area contributed by atoms with E-state index in [1.165, 1.54) is 18.4 Å². The first-order valence-electron chi connectivity index (χ1n) is 6.81. The molecule has 1 heteroatoms. The van der Waals surface area contributed by atoms with Gasteiger partial charge in [0, 0.05) is 0 Å². The van der Waals surface area contributed by atoms with Gasteiger partial charge >= 0.3 is 0 Å². The molecule has 2 unspecified atom stereocenters. The maximum Gasteiger partial charge on any atom is 0.0871 e. The van der Waals surface area contributed by atoms with E-state index >= 15 is 0 Å². The molecule has 0 radical (unpaired) electrons. The van der Waals surface area contributed by atoms with E-state index < -0.39 is 5.60 Å². The zero-order valence-electron chi connectivity index (χ0n) is 11.7. The third kappa shape index (κ3) is 4.16. The third-order valence-electron chi connectivity index (χ3n) is 3.51. The molecule has 0 bridgehead atoms. The van der Waals surface area contributed by atoms with E-state index in [-0.39, 0.29) is 0 Å². The van der Waals surface area contributed by atoms with Crippen LogP contribution in [0.4, 0.5) is 0 Å². The van der Waals surface area contributed by atoms with Gasteiger partial charge in [-0.1, -0.05) is 57.9 Å². The van der Waals surface area contributed by atoms with Gasteiger partial charge in [0.2, 0.25) is 0 Å².